The van der Waals surface area contributed by atoms with Gasteiger partial charge in [0.05, 0.1) is 0 Å². The maximum absolute atomic E-state index is 12.3. The number of nitrogens with one attached hydrogen (secondary N) is 1. The van der Waals surface area contributed by atoms with Crippen LogP contribution in [0.25, 0.3) is 0 Å². The Balaban J connectivity index is 1.72. The molecule has 1 amide bonds. The van der Waals surface area contributed by atoms with Gasteiger partial charge in [-0.1, -0.05) is 78.4 Å². The van der Waals surface area contributed by atoms with Crippen LogP contribution in [0.3, 0.4) is 0 Å². The van der Waals surface area contributed by atoms with Gasteiger partial charge in [-0.2, -0.15) is 0 Å². The van der Waals surface area contributed by atoms with Crippen molar-refractivity contribution in [2.24, 2.45) is 0 Å². The van der Waals surface area contributed by atoms with Gasteiger partial charge in [-0.25, -0.2) is 0 Å². The van der Waals surface area contributed by atoms with Crippen LogP contribution in [0.15, 0.2) is 84.9 Å². The standard InChI is InChI=1S/C22H22N2O/c1-17-12-14-19(15-13-17)22(18-8-4-2-5-9-18)23-16-21(25)24-20-10-6-3-7-11-20/h2-15,22-23H,16H2,1H3,(H,24,25)/p+1/t22-/m1/s1. The molecule has 0 fully saturated rings. The summed E-state index contributed by atoms with van der Waals surface area (Å²) in [5.41, 5.74) is 4.45. The van der Waals surface area contributed by atoms with E-state index >= 15 is 0 Å². The van der Waals surface area contributed by atoms with Gasteiger partial charge in [-0.3, -0.25) is 4.79 Å². The van der Waals surface area contributed by atoms with E-state index in [1.54, 1.807) is 0 Å². The Morgan fingerprint density at radius 1 is 0.840 bits per heavy atom. The summed E-state index contributed by atoms with van der Waals surface area (Å²) in [7, 11) is 0. The number of carbonyl (C=O) groups is 1. The van der Waals surface area contributed by atoms with Crippen molar-refractivity contribution >= 4 is 11.6 Å². The second-order valence-corrected chi connectivity index (χ2v) is 6.15. The third-order valence-electron chi connectivity index (χ3n) is 4.19. The predicted octanol–water partition coefficient (Wildman–Crippen LogP) is 3.29. The molecule has 25 heavy (non-hydrogen) atoms. The fraction of sp³-hybridized carbons (Fsp3) is 0.136. The Hall–Kier alpha value is -2.91. The van der Waals surface area contributed by atoms with Crippen molar-refractivity contribution in [2.45, 2.75) is 13.0 Å². The van der Waals surface area contributed by atoms with Gasteiger partial charge in [-0.15, -0.1) is 0 Å². The van der Waals surface area contributed by atoms with Crippen LogP contribution in [0.5, 0.6) is 0 Å². The van der Waals surface area contributed by atoms with Crippen molar-refractivity contribution in [3.05, 3.63) is 102 Å². The molecule has 0 aromatic heterocycles. The zero-order valence-corrected chi connectivity index (χ0v) is 14.4. The van der Waals surface area contributed by atoms with Crippen LogP contribution in [0, 0.1) is 6.92 Å². The average molecular weight is 331 g/mol. The molecule has 3 heteroatoms. The summed E-state index contributed by atoms with van der Waals surface area (Å²) in [6, 6.07) is 28.5. The Labute approximate surface area is 148 Å². The third kappa shape index (κ3) is 4.78. The molecule has 1 atom stereocenters. The normalized spacial score (nSPS) is 11.7. The molecule has 0 heterocycles. The van der Waals surface area contributed by atoms with Crippen molar-refractivity contribution in [3.63, 3.8) is 0 Å². The van der Waals surface area contributed by atoms with Crippen molar-refractivity contribution in [1.29, 1.82) is 0 Å². The van der Waals surface area contributed by atoms with E-state index in [0.717, 1.165) is 5.69 Å². The molecule has 3 nitrogen and oxygen atoms in total. The first-order valence-corrected chi connectivity index (χ1v) is 8.52. The molecule has 0 radical (unpaired) electrons. The van der Waals surface area contributed by atoms with Crippen molar-refractivity contribution in [3.8, 4) is 0 Å². The van der Waals surface area contributed by atoms with Crippen LogP contribution in [0.4, 0.5) is 5.69 Å². The molecule has 0 aliphatic heterocycles. The number of rotatable bonds is 6. The molecule has 3 rings (SSSR count). The minimum Gasteiger partial charge on any atom is -0.328 e. The smallest absolute Gasteiger partial charge is 0.279 e. The van der Waals surface area contributed by atoms with E-state index in [-0.39, 0.29) is 11.9 Å². The summed E-state index contributed by atoms with van der Waals surface area (Å²) in [5.74, 6) is -0.000701. The van der Waals surface area contributed by atoms with Gasteiger partial charge in [0.1, 0.15) is 6.04 Å². The molecule has 0 aliphatic carbocycles. The number of nitrogens with two attached hydrogens (primary N) is 1. The summed E-state index contributed by atoms with van der Waals surface area (Å²) in [6.07, 6.45) is 0. The van der Waals surface area contributed by atoms with Gasteiger partial charge in [0.2, 0.25) is 0 Å². The van der Waals surface area contributed by atoms with E-state index in [4.69, 9.17) is 0 Å². The predicted molar refractivity (Wildman–Crippen MR) is 101 cm³/mol. The first-order chi connectivity index (χ1) is 12.2. The highest BCUT2D eigenvalue weighted by Gasteiger charge is 2.18. The lowest BCUT2D eigenvalue weighted by molar-refractivity contribution is -0.676. The monoisotopic (exact) mass is 331 g/mol. The van der Waals surface area contributed by atoms with E-state index in [9.17, 15) is 4.79 Å². The van der Waals surface area contributed by atoms with E-state index in [1.807, 2.05) is 48.5 Å². The number of para-hydroxylation sites is 1. The molecule has 3 aromatic carbocycles. The number of aryl methyl sites for hydroxylation is 1. The van der Waals surface area contributed by atoms with Gasteiger partial charge < -0.3 is 10.6 Å². The summed E-state index contributed by atoms with van der Waals surface area (Å²) in [4.78, 5) is 12.3. The van der Waals surface area contributed by atoms with Crippen LogP contribution >= 0.6 is 0 Å². The van der Waals surface area contributed by atoms with Gasteiger partial charge in [0.25, 0.3) is 5.91 Å². The number of hydrogen-bond acceptors (Lipinski definition) is 1. The fourth-order valence-electron chi connectivity index (χ4n) is 2.86. The van der Waals surface area contributed by atoms with Gasteiger partial charge in [-0.05, 0) is 19.1 Å². The molecule has 3 N–H and O–H groups in total. The second-order valence-electron chi connectivity index (χ2n) is 6.15. The highest BCUT2D eigenvalue weighted by atomic mass is 16.1. The number of carbonyl (C=O) groups excluding carboxylic acids is 1. The SMILES string of the molecule is Cc1ccc([C@H]([NH2+]CC(=O)Nc2ccccc2)c2ccccc2)cc1. The fourth-order valence-corrected chi connectivity index (χ4v) is 2.86. The molecule has 0 aliphatic rings. The Morgan fingerprint density at radius 3 is 2.04 bits per heavy atom. The van der Waals surface area contributed by atoms with Crippen LogP contribution in [0.1, 0.15) is 22.7 Å². The lowest BCUT2D eigenvalue weighted by Crippen LogP contribution is -2.87. The second kappa shape index (κ2) is 8.27. The molecular formula is C22H23N2O+. The van der Waals surface area contributed by atoms with E-state index in [2.05, 4.69) is 54.0 Å². The van der Waals surface area contributed by atoms with Crippen LogP contribution in [-0.2, 0) is 4.79 Å². The molecule has 0 saturated heterocycles. The maximum atomic E-state index is 12.3. The number of anilines is 1. The van der Waals surface area contributed by atoms with Crippen molar-refractivity contribution in [2.75, 3.05) is 11.9 Å². The zero-order valence-electron chi connectivity index (χ0n) is 14.4. The summed E-state index contributed by atoms with van der Waals surface area (Å²) in [6.45, 7) is 2.45. The molecule has 3 aromatic rings. The Kier molecular flexibility index (Phi) is 5.60. The molecule has 0 saturated carbocycles. The quantitative estimate of drug-likeness (QED) is 0.715. The van der Waals surface area contributed by atoms with E-state index in [0.29, 0.717) is 6.54 Å². The van der Waals surface area contributed by atoms with Crippen LogP contribution in [0.2, 0.25) is 0 Å². The molecular weight excluding hydrogens is 308 g/mol. The van der Waals surface area contributed by atoms with Crippen molar-refractivity contribution < 1.29 is 10.1 Å². The lowest BCUT2D eigenvalue weighted by Gasteiger charge is -2.17. The van der Waals surface area contributed by atoms with Crippen molar-refractivity contribution in [1.82, 2.24) is 0 Å². The number of quaternary nitrogens is 1. The Bertz CT molecular complexity index is 798. The number of amides is 1. The summed E-state index contributed by atoms with van der Waals surface area (Å²) in [5, 5.41) is 5.02. The van der Waals surface area contributed by atoms with E-state index in [1.165, 1.54) is 16.7 Å². The summed E-state index contributed by atoms with van der Waals surface area (Å²) < 4.78 is 0. The van der Waals surface area contributed by atoms with Gasteiger partial charge in [0, 0.05) is 16.8 Å². The highest BCUT2D eigenvalue weighted by molar-refractivity contribution is 5.91. The molecule has 0 bridgehead atoms. The van der Waals surface area contributed by atoms with E-state index < -0.39 is 0 Å². The van der Waals surface area contributed by atoms with Crippen LogP contribution in [-0.4, -0.2) is 12.5 Å². The largest absolute Gasteiger partial charge is 0.328 e. The first-order valence-electron chi connectivity index (χ1n) is 8.52. The number of benzene rings is 3. The molecule has 126 valence electrons. The first kappa shape index (κ1) is 16.9. The topological polar surface area (TPSA) is 45.7 Å². The molecule has 0 spiro atoms. The maximum Gasteiger partial charge on any atom is 0.279 e. The average Bonchev–Trinajstić information content (AvgIpc) is 2.65. The zero-order chi connectivity index (χ0) is 17.5. The minimum atomic E-state index is -0.000701. The summed E-state index contributed by atoms with van der Waals surface area (Å²) >= 11 is 0. The van der Waals surface area contributed by atoms with Crippen LogP contribution < -0.4 is 10.6 Å². The molecule has 0 unspecified atom stereocenters. The number of hydrogen-bond donors (Lipinski definition) is 2. The third-order valence-corrected chi connectivity index (χ3v) is 4.19. The lowest BCUT2D eigenvalue weighted by atomic mass is 9.98. The van der Waals surface area contributed by atoms with Gasteiger partial charge in [0.15, 0.2) is 6.54 Å². The van der Waals surface area contributed by atoms with Gasteiger partial charge >= 0.3 is 0 Å². The Morgan fingerprint density at radius 2 is 1.40 bits per heavy atom. The minimum absolute atomic E-state index is 0.000701. The highest BCUT2D eigenvalue weighted by Crippen LogP contribution is 2.18.